The molecule has 1 aliphatic heterocycles. The zero-order valence-corrected chi connectivity index (χ0v) is 8.08. The van der Waals surface area contributed by atoms with Gasteiger partial charge in [0.15, 0.2) is 0 Å². The van der Waals surface area contributed by atoms with Gasteiger partial charge in [0, 0.05) is 19.2 Å². The topological polar surface area (TPSA) is 35.5 Å². The summed E-state index contributed by atoms with van der Waals surface area (Å²) in [5, 5.41) is 11.0. The van der Waals surface area contributed by atoms with Crippen molar-refractivity contribution >= 4 is 5.69 Å². The second kappa shape index (κ2) is 4.12. The van der Waals surface area contributed by atoms with E-state index < -0.39 is 11.6 Å². The Balaban J connectivity index is 2.04. The molecule has 15 heavy (non-hydrogen) atoms. The number of β-amino-alcohol motifs (C(OH)–C–C–N with tert-alkyl or cyclic N) is 1. The Hall–Kier alpha value is -1.20. The van der Waals surface area contributed by atoms with Crippen LogP contribution in [-0.4, -0.2) is 29.3 Å². The molecular weight excluding hydrogens is 202 g/mol. The Morgan fingerprint density at radius 3 is 2.47 bits per heavy atom. The SMILES string of the molecule is OC1CCN(Nc2cc(F)cc(F)c2)C1. The van der Waals surface area contributed by atoms with Crippen molar-refractivity contribution in [1.29, 1.82) is 0 Å². The van der Waals surface area contributed by atoms with Gasteiger partial charge in [0.2, 0.25) is 0 Å². The van der Waals surface area contributed by atoms with E-state index in [1.807, 2.05) is 0 Å². The van der Waals surface area contributed by atoms with Crippen molar-refractivity contribution in [3.05, 3.63) is 29.8 Å². The lowest BCUT2D eigenvalue weighted by Crippen LogP contribution is -2.28. The van der Waals surface area contributed by atoms with Crippen molar-refractivity contribution in [3.8, 4) is 0 Å². The minimum absolute atomic E-state index is 0.363. The first-order valence-electron chi connectivity index (χ1n) is 4.79. The van der Waals surface area contributed by atoms with Crippen LogP contribution in [0.15, 0.2) is 18.2 Å². The monoisotopic (exact) mass is 214 g/mol. The van der Waals surface area contributed by atoms with Gasteiger partial charge in [-0.3, -0.25) is 0 Å². The summed E-state index contributed by atoms with van der Waals surface area (Å²) >= 11 is 0. The minimum Gasteiger partial charge on any atom is -0.392 e. The highest BCUT2D eigenvalue weighted by molar-refractivity contribution is 5.42. The minimum atomic E-state index is -0.614. The van der Waals surface area contributed by atoms with Crippen molar-refractivity contribution < 1.29 is 13.9 Å². The maximum absolute atomic E-state index is 12.8. The number of hydrogen-bond donors (Lipinski definition) is 2. The summed E-state index contributed by atoms with van der Waals surface area (Å²) < 4.78 is 25.7. The first-order chi connectivity index (χ1) is 7.13. The molecular formula is C10H12F2N2O. The van der Waals surface area contributed by atoms with Crippen LogP contribution in [0.25, 0.3) is 0 Å². The number of benzene rings is 1. The first kappa shape index (κ1) is 10.3. The molecule has 0 saturated carbocycles. The first-order valence-corrected chi connectivity index (χ1v) is 4.79. The van der Waals surface area contributed by atoms with Gasteiger partial charge in [0.05, 0.1) is 11.8 Å². The number of rotatable bonds is 2. The molecule has 0 radical (unpaired) electrons. The van der Waals surface area contributed by atoms with Crippen LogP contribution in [0.1, 0.15) is 6.42 Å². The molecule has 82 valence electrons. The van der Waals surface area contributed by atoms with Crippen LogP contribution in [-0.2, 0) is 0 Å². The summed E-state index contributed by atoms with van der Waals surface area (Å²) in [5.74, 6) is -1.23. The summed E-state index contributed by atoms with van der Waals surface area (Å²) in [7, 11) is 0. The molecule has 0 bridgehead atoms. The predicted molar refractivity (Wildman–Crippen MR) is 52.2 cm³/mol. The fraction of sp³-hybridized carbons (Fsp3) is 0.400. The van der Waals surface area contributed by atoms with Crippen molar-refractivity contribution in [1.82, 2.24) is 5.01 Å². The highest BCUT2D eigenvalue weighted by atomic mass is 19.1. The molecule has 3 nitrogen and oxygen atoms in total. The van der Waals surface area contributed by atoms with Crippen LogP contribution in [0.3, 0.4) is 0 Å². The number of nitrogens with zero attached hydrogens (tertiary/aromatic N) is 1. The number of anilines is 1. The van der Waals surface area contributed by atoms with E-state index in [1.165, 1.54) is 12.1 Å². The van der Waals surface area contributed by atoms with Crippen molar-refractivity contribution in [2.75, 3.05) is 18.5 Å². The second-order valence-electron chi connectivity index (χ2n) is 3.66. The maximum Gasteiger partial charge on any atom is 0.128 e. The molecule has 1 heterocycles. The molecule has 0 spiro atoms. The van der Waals surface area contributed by atoms with Gasteiger partial charge in [-0.05, 0) is 18.6 Å². The average Bonchev–Trinajstić information content (AvgIpc) is 2.49. The van der Waals surface area contributed by atoms with E-state index in [2.05, 4.69) is 5.43 Å². The smallest absolute Gasteiger partial charge is 0.128 e. The number of hydrazine groups is 1. The number of aliphatic hydroxyl groups excluding tert-OH is 1. The molecule has 1 aromatic rings. The molecule has 1 fully saturated rings. The molecule has 2 rings (SSSR count). The Kier molecular flexibility index (Phi) is 2.83. The number of aliphatic hydroxyl groups is 1. The van der Waals surface area contributed by atoms with Crippen LogP contribution in [0, 0.1) is 11.6 Å². The van der Waals surface area contributed by atoms with Crippen molar-refractivity contribution in [3.63, 3.8) is 0 Å². The lowest BCUT2D eigenvalue weighted by molar-refractivity contribution is 0.182. The molecule has 1 unspecified atom stereocenters. The van der Waals surface area contributed by atoms with Crippen LogP contribution in [0.4, 0.5) is 14.5 Å². The second-order valence-corrected chi connectivity index (χ2v) is 3.66. The van der Waals surface area contributed by atoms with Gasteiger partial charge in [0.1, 0.15) is 11.6 Å². The van der Waals surface area contributed by atoms with E-state index in [9.17, 15) is 13.9 Å². The van der Waals surface area contributed by atoms with Gasteiger partial charge in [-0.15, -0.1) is 0 Å². The highest BCUT2D eigenvalue weighted by Gasteiger charge is 2.19. The molecule has 0 aliphatic carbocycles. The van der Waals surface area contributed by atoms with Crippen LogP contribution < -0.4 is 5.43 Å². The third-order valence-corrected chi connectivity index (χ3v) is 2.31. The molecule has 1 aliphatic rings. The third kappa shape index (κ3) is 2.64. The lowest BCUT2D eigenvalue weighted by Gasteiger charge is -2.17. The van der Waals surface area contributed by atoms with Crippen LogP contribution in [0.5, 0.6) is 0 Å². The van der Waals surface area contributed by atoms with E-state index in [1.54, 1.807) is 5.01 Å². The summed E-state index contributed by atoms with van der Waals surface area (Å²) in [6, 6.07) is 3.26. The number of halogens is 2. The molecule has 0 aromatic heterocycles. The lowest BCUT2D eigenvalue weighted by atomic mass is 10.3. The van der Waals surface area contributed by atoms with E-state index in [0.29, 0.717) is 25.2 Å². The Morgan fingerprint density at radius 2 is 1.93 bits per heavy atom. The van der Waals surface area contributed by atoms with Crippen LogP contribution in [0.2, 0.25) is 0 Å². The van der Waals surface area contributed by atoms with Gasteiger partial charge in [-0.25, -0.2) is 13.8 Å². The van der Waals surface area contributed by atoms with E-state index in [4.69, 9.17) is 0 Å². The number of nitrogens with one attached hydrogen (secondary N) is 1. The fourth-order valence-corrected chi connectivity index (χ4v) is 1.64. The highest BCUT2D eigenvalue weighted by Crippen LogP contribution is 2.16. The van der Waals surface area contributed by atoms with E-state index in [0.717, 1.165) is 6.07 Å². The van der Waals surface area contributed by atoms with Gasteiger partial charge >= 0.3 is 0 Å². The van der Waals surface area contributed by atoms with Crippen molar-refractivity contribution in [2.24, 2.45) is 0 Å². The third-order valence-electron chi connectivity index (χ3n) is 2.31. The standard InChI is InChI=1S/C10H12F2N2O/c11-7-3-8(12)5-9(4-7)13-14-2-1-10(15)6-14/h3-5,10,13,15H,1-2,6H2. The predicted octanol–water partition coefficient (Wildman–Crippen LogP) is 1.36. The quantitative estimate of drug-likeness (QED) is 0.780. The Bertz CT molecular complexity index is 339. The Morgan fingerprint density at radius 1 is 1.27 bits per heavy atom. The van der Waals surface area contributed by atoms with E-state index >= 15 is 0 Å². The Labute approximate surface area is 86.3 Å². The van der Waals surface area contributed by atoms with Gasteiger partial charge in [-0.2, -0.15) is 0 Å². The van der Waals surface area contributed by atoms with Gasteiger partial charge in [-0.1, -0.05) is 0 Å². The molecule has 2 N–H and O–H groups in total. The van der Waals surface area contributed by atoms with Crippen LogP contribution >= 0.6 is 0 Å². The summed E-state index contributed by atoms with van der Waals surface area (Å²) in [6.07, 6.45) is 0.307. The summed E-state index contributed by atoms with van der Waals surface area (Å²) in [5.41, 5.74) is 3.21. The molecule has 1 saturated heterocycles. The molecule has 5 heteroatoms. The van der Waals surface area contributed by atoms with Crippen molar-refractivity contribution in [2.45, 2.75) is 12.5 Å². The zero-order valence-electron chi connectivity index (χ0n) is 8.08. The van der Waals surface area contributed by atoms with E-state index in [-0.39, 0.29) is 6.10 Å². The summed E-state index contributed by atoms with van der Waals surface area (Å²) in [6.45, 7) is 1.14. The normalized spacial score (nSPS) is 21.9. The molecule has 1 atom stereocenters. The maximum atomic E-state index is 12.8. The number of hydrogen-bond acceptors (Lipinski definition) is 3. The molecule has 0 amide bonds. The zero-order chi connectivity index (χ0) is 10.8. The summed E-state index contributed by atoms with van der Waals surface area (Å²) in [4.78, 5) is 0. The van der Waals surface area contributed by atoms with Gasteiger partial charge in [0.25, 0.3) is 0 Å². The fourth-order valence-electron chi connectivity index (χ4n) is 1.64. The van der Waals surface area contributed by atoms with Gasteiger partial charge < -0.3 is 10.5 Å². The largest absolute Gasteiger partial charge is 0.392 e. The average molecular weight is 214 g/mol. The molecule has 1 aromatic carbocycles.